The number of carbonyl (C=O) groups is 2. The van der Waals surface area contributed by atoms with Crippen LogP contribution in [0.4, 0.5) is 10.1 Å². The fourth-order valence-electron chi connectivity index (χ4n) is 2.55. The molecule has 1 amide bonds. The van der Waals surface area contributed by atoms with E-state index in [0.717, 1.165) is 0 Å². The Hall–Kier alpha value is -3.07. The molecule has 0 fully saturated rings. The maximum Gasteiger partial charge on any atom is 0.224 e. The largest absolute Gasteiger partial charge is 0.325 e. The van der Waals surface area contributed by atoms with Crippen molar-refractivity contribution in [1.82, 2.24) is 20.2 Å². The highest BCUT2D eigenvalue weighted by Gasteiger charge is 2.12. The van der Waals surface area contributed by atoms with Crippen LogP contribution in [0.1, 0.15) is 30.1 Å². The summed E-state index contributed by atoms with van der Waals surface area (Å²) in [6, 6.07) is 12.9. The van der Waals surface area contributed by atoms with Gasteiger partial charge in [0.15, 0.2) is 5.78 Å². The third-order valence-electron chi connectivity index (χ3n) is 3.85. The van der Waals surface area contributed by atoms with Gasteiger partial charge in [0.1, 0.15) is 5.82 Å². The molecular weight excluding hydrogens is 381 g/mol. The lowest BCUT2D eigenvalue weighted by Gasteiger charge is -2.09. The third kappa shape index (κ3) is 5.01. The van der Waals surface area contributed by atoms with E-state index in [1.165, 1.54) is 35.5 Å². The van der Waals surface area contributed by atoms with Gasteiger partial charge in [-0.1, -0.05) is 30.0 Å². The van der Waals surface area contributed by atoms with Crippen LogP contribution in [0.25, 0.3) is 5.69 Å². The fourth-order valence-corrected chi connectivity index (χ4v) is 3.38. The molecule has 0 atom stereocenters. The zero-order chi connectivity index (χ0) is 19.9. The van der Waals surface area contributed by atoms with Crippen molar-refractivity contribution in [3.05, 3.63) is 59.9 Å². The summed E-state index contributed by atoms with van der Waals surface area (Å²) in [6.45, 7) is 1.46. The maximum absolute atomic E-state index is 13.4. The topological polar surface area (TPSA) is 89.8 Å². The summed E-state index contributed by atoms with van der Waals surface area (Å²) >= 11 is 1.38. The first-order chi connectivity index (χ1) is 13.5. The van der Waals surface area contributed by atoms with Crippen molar-refractivity contribution in [3.63, 3.8) is 0 Å². The van der Waals surface area contributed by atoms with Crippen LogP contribution in [0, 0.1) is 5.82 Å². The Morgan fingerprint density at radius 2 is 2.00 bits per heavy atom. The Kier molecular flexibility index (Phi) is 6.49. The Bertz CT molecular complexity index is 992. The minimum atomic E-state index is -0.369. The van der Waals surface area contributed by atoms with E-state index in [0.29, 0.717) is 40.7 Å². The summed E-state index contributed by atoms with van der Waals surface area (Å²) in [4.78, 5) is 23.8. The average Bonchev–Trinajstić information content (AvgIpc) is 3.14. The van der Waals surface area contributed by atoms with Gasteiger partial charge in [0.05, 0.1) is 11.4 Å². The number of carbonyl (C=O) groups excluding carboxylic acids is 2. The van der Waals surface area contributed by atoms with Gasteiger partial charge in [-0.3, -0.25) is 9.59 Å². The number of tetrazole rings is 1. The summed E-state index contributed by atoms with van der Waals surface area (Å²) in [7, 11) is 0. The molecule has 7 nitrogen and oxygen atoms in total. The van der Waals surface area contributed by atoms with Crippen molar-refractivity contribution < 1.29 is 14.0 Å². The maximum atomic E-state index is 13.4. The third-order valence-corrected chi connectivity index (χ3v) is 4.86. The summed E-state index contributed by atoms with van der Waals surface area (Å²) in [6.07, 6.45) is 0.884. The normalized spacial score (nSPS) is 10.6. The van der Waals surface area contributed by atoms with Crippen molar-refractivity contribution in [1.29, 1.82) is 0 Å². The van der Waals surface area contributed by atoms with E-state index in [9.17, 15) is 14.0 Å². The molecule has 3 rings (SSSR count). The van der Waals surface area contributed by atoms with Crippen molar-refractivity contribution in [2.24, 2.45) is 0 Å². The summed E-state index contributed by atoms with van der Waals surface area (Å²) < 4.78 is 14.8. The van der Waals surface area contributed by atoms with Gasteiger partial charge in [-0.2, -0.15) is 4.68 Å². The molecule has 2 aromatic carbocycles. The van der Waals surface area contributed by atoms with E-state index < -0.39 is 0 Å². The number of benzene rings is 2. The Morgan fingerprint density at radius 1 is 1.18 bits per heavy atom. The Morgan fingerprint density at radius 3 is 2.79 bits per heavy atom. The van der Waals surface area contributed by atoms with E-state index in [2.05, 4.69) is 20.8 Å². The van der Waals surface area contributed by atoms with Gasteiger partial charge in [0, 0.05) is 17.7 Å². The lowest BCUT2D eigenvalue weighted by molar-refractivity contribution is -0.116. The number of halogens is 1. The minimum Gasteiger partial charge on any atom is -0.325 e. The van der Waals surface area contributed by atoms with Gasteiger partial charge in [0.25, 0.3) is 0 Å². The van der Waals surface area contributed by atoms with Gasteiger partial charge in [-0.15, -0.1) is 5.10 Å². The number of para-hydroxylation sites is 1. The summed E-state index contributed by atoms with van der Waals surface area (Å²) in [5.74, 6) is -0.0293. The molecule has 0 radical (unpaired) electrons. The standard InChI is InChI=1S/C19H18FN5O2S/c1-13(26)16-8-2-3-9-17(16)21-18(27)10-5-11-28-19-22-23-24-25(19)15-7-4-6-14(20)12-15/h2-4,6-9,12H,5,10-11H2,1H3,(H,21,27). The fraction of sp³-hybridized carbons (Fsp3) is 0.211. The molecule has 0 saturated carbocycles. The number of Topliss-reactive ketones (excluding diaryl/α,β-unsaturated/α-hetero) is 1. The van der Waals surface area contributed by atoms with Gasteiger partial charge in [-0.05, 0) is 54.1 Å². The number of amides is 1. The molecule has 0 aliphatic carbocycles. The number of hydrogen-bond acceptors (Lipinski definition) is 6. The number of anilines is 1. The number of ketones is 1. The number of thioether (sulfide) groups is 1. The smallest absolute Gasteiger partial charge is 0.224 e. The van der Waals surface area contributed by atoms with Crippen molar-refractivity contribution in [2.75, 3.05) is 11.1 Å². The first kappa shape index (κ1) is 19.7. The number of nitrogens with one attached hydrogen (secondary N) is 1. The molecular formula is C19H18FN5O2S. The minimum absolute atomic E-state index is 0.101. The number of rotatable bonds is 8. The zero-order valence-electron chi connectivity index (χ0n) is 15.1. The van der Waals surface area contributed by atoms with E-state index in [4.69, 9.17) is 0 Å². The van der Waals surface area contributed by atoms with Gasteiger partial charge in [0.2, 0.25) is 11.1 Å². The molecule has 0 aliphatic heterocycles. The van der Waals surface area contributed by atoms with Gasteiger partial charge >= 0.3 is 0 Å². The predicted molar refractivity (Wildman–Crippen MR) is 104 cm³/mol. The quantitative estimate of drug-likeness (QED) is 0.354. The van der Waals surface area contributed by atoms with Crippen LogP contribution in [-0.4, -0.2) is 37.7 Å². The van der Waals surface area contributed by atoms with Crippen LogP contribution in [0.3, 0.4) is 0 Å². The van der Waals surface area contributed by atoms with Gasteiger partial charge < -0.3 is 5.32 Å². The second-order valence-electron chi connectivity index (χ2n) is 5.96. The second kappa shape index (κ2) is 9.23. The van der Waals surface area contributed by atoms with E-state index in [1.807, 2.05) is 0 Å². The van der Waals surface area contributed by atoms with Crippen molar-refractivity contribution in [3.8, 4) is 5.69 Å². The summed E-state index contributed by atoms with van der Waals surface area (Å²) in [5.41, 5.74) is 1.54. The monoisotopic (exact) mass is 399 g/mol. The van der Waals surface area contributed by atoms with Gasteiger partial charge in [-0.25, -0.2) is 4.39 Å². The number of hydrogen-bond donors (Lipinski definition) is 1. The van der Waals surface area contributed by atoms with Crippen LogP contribution in [0.5, 0.6) is 0 Å². The highest BCUT2D eigenvalue weighted by atomic mass is 32.2. The highest BCUT2D eigenvalue weighted by Crippen LogP contribution is 2.20. The average molecular weight is 399 g/mol. The molecule has 0 aliphatic rings. The zero-order valence-corrected chi connectivity index (χ0v) is 15.9. The van der Waals surface area contributed by atoms with E-state index >= 15 is 0 Å². The molecule has 1 heterocycles. The van der Waals surface area contributed by atoms with E-state index in [1.54, 1.807) is 36.4 Å². The SMILES string of the molecule is CC(=O)c1ccccc1NC(=O)CCCSc1nnnn1-c1cccc(F)c1. The molecule has 3 aromatic rings. The Labute approximate surface area is 165 Å². The molecule has 9 heteroatoms. The number of aromatic nitrogens is 4. The lowest BCUT2D eigenvalue weighted by Crippen LogP contribution is -2.14. The summed E-state index contributed by atoms with van der Waals surface area (Å²) in [5, 5.41) is 14.7. The lowest BCUT2D eigenvalue weighted by atomic mass is 10.1. The first-order valence-corrected chi connectivity index (χ1v) is 9.60. The van der Waals surface area contributed by atoms with Crippen LogP contribution >= 0.6 is 11.8 Å². The van der Waals surface area contributed by atoms with Crippen molar-refractivity contribution in [2.45, 2.75) is 24.9 Å². The Balaban J connectivity index is 1.51. The molecule has 0 saturated heterocycles. The molecule has 0 spiro atoms. The molecule has 28 heavy (non-hydrogen) atoms. The van der Waals surface area contributed by atoms with Crippen LogP contribution < -0.4 is 5.32 Å². The molecule has 1 aromatic heterocycles. The predicted octanol–water partition coefficient (Wildman–Crippen LogP) is 3.52. The van der Waals surface area contributed by atoms with Crippen LogP contribution in [0.15, 0.2) is 53.7 Å². The molecule has 0 unspecified atom stereocenters. The highest BCUT2D eigenvalue weighted by molar-refractivity contribution is 7.99. The molecule has 144 valence electrons. The van der Waals surface area contributed by atoms with E-state index in [-0.39, 0.29) is 17.5 Å². The van der Waals surface area contributed by atoms with Crippen molar-refractivity contribution >= 4 is 29.1 Å². The second-order valence-corrected chi connectivity index (χ2v) is 7.02. The number of nitrogens with zero attached hydrogens (tertiary/aromatic N) is 4. The molecule has 1 N–H and O–H groups in total. The molecule has 0 bridgehead atoms. The van der Waals surface area contributed by atoms with Crippen LogP contribution in [-0.2, 0) is 4.79 Å². The van der Waals surface area contributed by atoms with Crippen LogP contribution in [0.2, 0.25) is 0 Å². The first-order valence-electron chi connectivity index (χ1n) is 8.61.